The molecule has 768 valence electrons. The van der Waals surface area contributed by atoms with Crippen LogP contribution in [0.15, 0.2) is 164 Å². The molecule has 1 unspecified atom stereocenters. The zero-order chi connectivity index (χ0) is 104. The lowest BCUT2D eigenvalue weighted by atomic mass is 9.94. The third-order valence-corrected chi connectivity index (χ3v) is 24.2. The maximum absolute atomic E-state index is 15.8. The molecule has 7 aromatic heterocycles. The van der Waals surface area contributed by atoms with Gasteiger partial charge in [0.25, 0.3) is 17.7 Å². The zero-order valence-electron chi connectivity index (χ0n) is 76.6. The number of aromatic nitrogens is 16. The van der Waals surface area contributed by atoms with Crippen molar-refractivity contribution >= 4 is 81.0 Å². The normalized spacial score (nSPS) is 23.0. The van der Waals surface area contributed by atoms with Crippen LogP contribution in [-0.4, -0.2) is 296 Å². The second-order valence-electron chi connectivity index (χ2n) is 33.6. The summed E-state index contributed by atoms with van der Waals surface area (Å²) < 4.78 is 65.5. The number of nitrogen functional groups attached to an aromatic ring is 2. The van der Waals surface area contributed by atoms with E-state index in [1.165, 1.54) is 64.3 Å². The number of aliphatic hydroxyl groups is 12. The highest BCUT2D eigenvalue weighted by atomic mass is 35.5. The Kier molecular flexibility index (Phi) is 33.9. The van der Waals surface area contributed by atoms with Gasteiger partial charge in [-0.05, 0) is 139 Å². The first-order chi connectivity index (χ1) is 69.3. The minimum Gasteiger partial charge on any atom is -0.493 e. The van der Waals surface area contributed by atoms with Crippen LogP contribution in [0.4, 0.5) is 4.39 Å². The van der Waals surface area contributed by atoms with Crippen LogP contribution in [-0.2, 0) is 36.8 Å². The summed E-state index contributed by atoms with van der Waals surface area (Å²) in [5.41, 5.74) is 27.8. The van der Waals surface area contributed by atoms with E-state index in [2.05, 4.69) is 54.8 Å². The highest BCUT2D eigenvalue weighted by Gasteiger charge is 2.48. The van der Waals surface area contributed by atoms with Crippen LogP contribution in [0.5, 0.6) is 17.2 Å². The quantitative estimate of drug-likeness (QED) is 0.0287. The number of nitrogens with two attached hydrogens (primary N) is 4. The van der Waals surface area contributed by atoms with Crippen LogP contribution in [0.2, 0.25) is 5.02 Å². The first-order valence-electron chi connectivity index (χ1n) is 44.6. The molecule has 4 aliphatic heterocycles. The van der Waals surface area contributed by atoms with Crippen LogP contribution in [0.25, 0.3) is 56.0 Å². The summed E-state index contributed by atoms with van der Waals surface area (Å²) in [6.07, 6.45) is -2.48. The van der Waals surface area contributed by atoms with Gasteiger partial charge in [0.15, 0.2) is 73.2 Å². The predicted molar refractivity (Wildman–Crippen MR) is 496 cm³/mol. The predicted octanol–water partition coefficient (Wildman–Crippen LogP) is 2.04. The van der Waals surface area contributed by atoms with Crippen molar-refractivity contribution in [3.63, 3.8) is 0 Å². The maximum atomic E-state index is 15.8. The zero-order valence-corrected chi connectivity index (χ0v) is 77.4. The Morgan fingerprint density at radius 3 is 1.30 bits per heavy atom. The maximum Gasteiger partial charge on any atom is 0.335 e. The third kappa shape index (κ3) is 24.3. The van der Waals surface area contributed by atoms with Crippen molar-refractivity contribution in [2.45, 2.75) is 194 Å². The van der Waals surface area contributed by atoms with Gasteiger partial charge in [-0.2, -0.15) is 0 Å². The summed E-state index contributed by atoms with van der Waals surface area (Å²) in [5.74, 6) is -4.49. The highest BCUT2D eigenvalue weighted by Crippen LogP contribution is 2.42. The standard InChI is InChI=1S/C34H28ClFN2O5.C29H31N3O6.2C7H11N5O4.2C7H10N4O5/c35-24-10-6-20(7-11-24)27-13-8-21(33(39)40)16-23(27)19-43-26-12-14-28(29(36)18-26)32-37-30-17-22(34(41)42)9-15-31(30)38(32)25-4-2-1-3-5-25;1-36-25-11-8-18(15-26(25)37-2)14-23(29(34)35)31-28(33)19-9-10-24-22(16-19)30-27(20-12-13-38-17-20)32(24)21-6-4-3-5-7-21;2*8-4(9)5-10-1-12(11-5)6-2(13)3(14)7(15)16-6;2*8-4(14)5-9-1-11(10-5)6-2(12)3(13)7(15)16-6/h6-18,25H,1-5,19H2,(H,39,40)(H,41,42);8-13,15-17,21,23H,3-7,14H2,1-2H3,(H,31,33)(H,34,35);2*1-3,6-7,13-15H,(H3,8,9);2*1-3,6-7,12-13,15H,(H2,8,14)/t;;4*2-,3+,6-,7+/m..1010/s1. The second kappa shape index (κ2) is 46.5. The Labute approximate surface area is 822 Å². The molecule has 52 nitrogen and oxygen atoms in total. The Morgan fingerprint density at radius 1 is 0.476 bits per heavy atom. The van der Waals surface area contributed by atoms with E-state index in [-0.39, 0.29) is 70.9 Å². The van der Waals surface area contributed by atoms with E-state index in [4.69, 9.17) is 113 Å². The molecule has 6 fully saturated rings. The lowest BCUT2D eigenvalue weighted by Crippen LogP contribution is -2.42. The number of aromatic carboxylic acids is 2. The number of imidazole rings is 2. The number of fused-ring (bicyclic) bond motifs is 2. The van der Waals surface area contributed by atoms with Gasteiger partial charge < -0.3 is 152 Å². The molecule has 0 bridgehead atoms. The Hall–Kier alpha value is -15.2. The molecule has 19 rings (SSSR count). The number of nitrogens with zero attached hydrogens (tertiary/aromatic N) is 16. The van der Waals surface area contributed by atoms with Gasteiger partial charge in [0, 0.05) is 35.2 Å². The van der Waals surface area contributed by atoms with Crippen LogP contribution in [0, 0.1) is 16.6 Å². The third-order valence-electron chi connectivity index (χ3n) is 24.0. The van der Waals surface area contributed by atoms with E-state index in [0.717, 1.165) is 110 Å². The van der Waals surface area contributed by atoms with E-state index in [1.54, 1.807) is 91.4 Å². The number of rotatable bonds is 25. The number of aliphatic hydroxyl groups excluding tert-OH is 12. The van der Waals surface area contributed by atoms with Gasteiger partial charge in [-0.15, -0.1) is 20.4 Å². The summed E-state index contributed by atoms with van der Waals surface area (Å²) in [6.45, 7) is 0.0103. The summed E-state index contributed by atoms with van der Waals surface area (Å²) in [6, 6.07) is 33.2. The first-order valence-corrected chi connectivity index (χ1v) is 45.0. The monoisotopic (exact) mass is 2030 g/mol. The fourth-order valence-electron chi connectivity index (χ4n) is 16.5. The largest absolute Gasteiger partial charge is 0.493 e. The molecule has 145 heavy (non-hydrogen) atoms. The van der Waals surface area contributed by atoms with E-state index in [1.807, 2.05) is 24.3 Å². The van der Waals surface area contributed by atoms with Crippen molar-refractivity contribution in [2.24, 2.45) is 22.9 Å². The Bertz CT molecular complexity index is 6480. The number of carbonyl (C=O) groups excluding carboxylic acids is 3. The topological polar surface area (TPSA) is 806 Å². The van der Waals surface area contributed by atoms with Gasteiger partial charge >= 0.3 is 17.9 Å². The van der Waals surface area contributed by atoms with Crippen molar-refractivity contribution in [1.82, 2.24) is 83.5 Å². The molecule has 2 saturated carbocycles. The number of halogens is 2. The molecule has 0 radical (unpaired) electrons. The average Bonchev–Trinajstić information content (AvgIpc) is 1.61. The molecule has 3 amide bonds. The number of furan rings is 1. The molecule has 26 N–H and O–H groups in total. The number of methoxy groups -OCH3 is 2. The van der Waals surface area contributed by atoms with Crippen molar-refractivity contribution in [1.29, 1.82) is 10.8 Å². The molecular weight excluding hydrogens is 1930 g/mol. The number of amidine groups is 2. The lowest BCUT2D eigenvalue weighted by Gasteiger charge is -2.25. The van der Waals surface area contributed by atoms with Gasteiger partial charge in [-0.3, -0.25) is 25.2 Å². The number of nitrogens with one attached hydrogen (secondary N) is 3. The van der Waals surface area contributed by atoms with E-state index < -0.39 is 146 Å². The summed E-state index contributed by atoms with van der Waals surface area (Å²) in [4.78, 5) is 94.0. The molecule has 4 saturated heterocycles. The summed E-state index contributed by atoms with van der Waals surface area (Å²) >= 11 is 6.05. The molecule has 54 heteroatoms. The lowest BCUT2D eigenvalue weighted by molar-refractivity contribution is -0.144. The molecule has 2 aliphatic carbocycles. The number of carbonyl (C=O) groups is 6. The van der Waals surface area contributed by atoms with Crippen LogP contribution in [0.3, 0.4) is 0 Å². The Balaban J connectivity index is 0.000000146. The van der Waals surface area contributed by atoms with Crippen molar-refractivity contribution in [3.05, 3.63) is 221 Å². The fourth-order valence-corrected chi connectivity index (χ4v) is 16.7. The molecule has 0 spiro atoms. The number of carboxylic acids is 3. The molecule has 17 atom stereocenters. The number of aliphatic carboxylic acids is 1. The SMILES string of the molecule is COc1ccc(CC(NC(=O)c2ccc3c(c2)nc(-c2ccoc2)n3C2CCCCC2)C(=O)O)cc1OC.N=C(N)c1ncn([C@@H]2O[C@H](O)[C@@H](O)[C@H]2O)n1.N=C(N)c1ncn([C@H]2O[C@@H](O)[C@H](O)[C@@H]2O)n1.NC(=O)c1ncn([C@@H]2O[C@H](O)[C@@H](O)[C@H]2O)n1.NC(=O)c1ncn([C@H]2O[C@@H](O)[C@H](O)[C@@H]2O)n1.O=C(O)c1ccc(-c2ccc(Cl)cc2)c(COc2ccc(-c3nc4cc(C(=O)O)ccc4n3C3CCCCC3)c(F)c2)c1. The van der Waals surface area contributed by atoms with Crippen LogP contribution < -0.4 is 42.5 Å². The number of hydrogen-bond acceptors (Lipinski definition) is 38. The first kappa shape index (κ1) is 106. The van der Waals surface area contributed by atoms with Gasteiger partial charge in [0.05, 0.1) is 64.8 Å². The van der Waals surface area contributed by atoms with E-state index in [9.17, 15) is 84.9 Å². The number of amides is 3. The summed E-state index contributed by atoms with van der Waals surface area (Å²) in [7, 11) is 3.05. The molecule has 13 aromatic rings. The summed E-state index contributed by atoms with van der Waals surface area (Å²) in [5, 5.41) is 173. The van der Waals surface area contributed by atoms with Crippen molar-refractivity contribution < 1.29 is 147 Å². The van der Waals surface area contributed by atoms with E-state index in [0.29, 0.717) is 61.7 Å². The van der Waals surface area contributed by atoms with Crippen LogP contribution >= 0.6 is 11.6 Å². The van der Waals surface area contributed by atoms with Gasteiger partial charge in [0.2, 0.25) is 23.3 Å². The number of benzene rings is 6. The van der Waals surface area contributed by atoms with Crippen molar-refractivity contribution in [3.8, 4) is 51.2 Å². The Morgan fingerprint density at radius 2 is 0.897 bits per heavy atom. The minimum atomic E-state index is -1.51. The van der Waals surface area contributed by atoms with Crippen LogP contribution in [0.1, 0.15) is 176 Å². The van der Waals surface area contributed by atoms with Gasteiger partial charge in [0.1, 0.15) is 116 Å². The van der Waals surface area contributed by atoms with Gasteiger partial charge in [-0.1, -0.05) is 74.4 Å². The average molecular weight is 2040 g/mol. The molecule has 11 heterocycles. The van der Waals surface area contributed by atoms with Crippen molar-refractivity contribution in [2.75, 3.05) is 14.2 Å². The highest BCUT2D eigenvalue weighted by molar-refractivity contribution is 6.30. The fraction of sp³-hybridized carbons (Fsp3) is 0.363. The molecular formula is C91H101ClFN23O29. The smallest absolute Gasteiger partial charge is 0.335 e. The van der Waals surface area contributed by atoms with E-state index >= 15 is 4.39 Å². The van der Waals surface area contributed by atoms with Gasteiger partial charge in [-0.25, -0.2) is 67.4 Å². The molecule has 6 aliphatic rings. The minimum absolute atomic E-state index is 0.0103. The number of primary amides is 2. The second-order valence-corrected chi connectivity index (χ2v) is 34.1. The molecule has 6 aromatic carbocycles. The number of hydrogen-bond donors (Lipinski definition) is 22. The number of ether oxygens (including phenoxy) is 7. The number of carboxylic acid groups (broad SMARTS) is 3.